The molecule has 0 radical (unpaired) electrons. The Morgan fingerprint density at radius 1 is 1.13 bits per heavy atom. The van der Waals surface area contributed by atoms with E-state index < -0.39 is 28.4 Å². The molecule has 12 heteroatoms. The molecule has 0 bridgehead atoms. The highest BCUT2D eigenvalue weighted by atomic mass is 32.2. The first-order chi connectivity index (χ1) is 18.4. The molecular formula is C27H34F2N6O3S. The van der Waals surface area contributed by atoms with Crippen molar-refractivity contribution in [2.45, 2.75) is 38.2 Å². The van der Waals surface area contributed by atoms with Crippen LogP contribution >= 0.6 is 0 Å². The van der Waals surface area contributed by atoms with Crippen molar-refractivity contribution in [2.75, 3.05) is 60.4 Å². The number of anilines is 4. The van der Waals surface area contributed by atoms with Crippen LogP contribution in [0, 0.1) is 5.92 Å². The summed E-state index contributed by atoms with van der Waals surface area (Å²) in [4.78, 5) is 17.0. The number of hydrogen-bond acceptors (Lipinski definition) is 9. The highest BCUT2D eigenvalue weighted by Crippen LogP contribution is 2.37. The highest BCUT2D eigenvalue weighted by Gasteiger charge is 2.45. The summed E-state index contributed by atoms with van der Waals surface area (Å²) < 4.78 is 57.2. The fraction of sp³-hybridized carbons (Fsp3) is 0.519. The Balaban J connectivity index is 1.38. The monoisotopic (exact) mass is 560 g/mol. The number of halogens is 2. The van der Waals surface area contributed by atoms with Gasteiger partial charge >= 0.3 is 0 Å². The molecule has 0 amide bonds. The molecule has 3 aromatic rings. The normalized spacial score (nSPS) is 19.9. The molecule has 1 aromatic carbocycles. The number of ether oxygens (including phenoxy) is 1. The largest absolute Gasteiger partial charge is 0.375 e. The molecule has 0 saturated carbocycles. The highest BCUT2D eigenvalue weighted by molar-refractivity contribution is 7.90. The fourth-order valence-electron chi connectivity index (χ4n) is 5.48. The molecule has 0 unspecified atom stereocenters. The lowest BCUT2D eigenvalue weighted by atomic mass is 9.93. The Hall–Kier alpha value is -3.12. The second-order valence-corrected chi connectivity index (χ2v) is 13.1. The summed E-state index contributed by atoms with van der Waals surface area (Å²) in [5.74, 6) is -1.14. The SMILES string of the molecule is CO[C@H]1CCN(c2nccc(Nc3cc4c(C(C)C)ccc(N5CC(CS(C)(=O)=O)C5)c4cn3)n2)CC1(F)F. The number of pyridine rings is 1. The molecule has 0 spiro atoms. The van der Waals surface area contributed by atoms with E-state index in [2.05, 4.69) is 51.1 Å². The van der Waals surface area contributed by atoms with E-state index in [1.54, 1.807) is 12.3 Å². The van der Waals surface area contributed by atoms with E-state index in [1.165, 1.54) is 23.8 Å². The predicted molar refractivity (Wildman–Crippen MR) is 149 cm³/mol. The van der Waals surface area contributed by atoms with E-state index >= 15 is 0 Å². The standard InChI is InChI=1S/C27H34F2N6O3S/c1-17(2)19-5-6-22(35-13-18(14-35)15-39(4,36)37)21-12-31-25(11-20(19)21)32-24-7-9-30-26(33-24)34-10-8-23(38-3)27(28,29)16-34/h5-7,9,11-12,17-18,23H,8,10,13-16H2,1-4H3,(H,30,31,32,33)/t23-/m0/s1. The number of piperidine rings is 1. The first-order valence-corrected chi connectivity index (χ1v) is 15.1. The van der Waals surface area contributed by atoms with Crippen LogP contribution in [0.15, 0.2) is 36.7 Å². The third-order valence-corrected chi connectivity index (χ3v) is 8.45. The molecule has 1 atom stereocenters. The van der Waals surface area contributed by atoms with Gasteiger partial charge in [-0.2, -0.15) is 4.98 Å². The average Bonchev–Trinajstić information content (AvgIpc) is 2.84. The van der Waals surface area contributed by atoms with Crippen LogP contribution in [-0.4, -0.2) is 80.7 Å². The molecule has 2 aliphatic heterocycles. The van der Waals surface area contributed by atoms with E-state index in [0.29, 0.717) is 31.3 Å². The van der Waals surface area contributed by atoms with Gasteiger partial charge in [-0.05, 0) is 41.5 Å². The van der Waals surface area contributed by atoms with Crippen molar-refractivity contribution in [3.63, 3.8) is 0 Å². The van der Waals surface area contributed by atoms with Crippen molar-refractivity contribution in [1.29, 1.82) is 0 Å². The Morgan fingerprint density at radius 3 is 2.56 bits per heavy atom. The molecule has 9 nitrogen and oxygen atoms in total. The molecule has 2 saturated heterocycles. The summed E-state index contributed by atoms with van der Waals surface area (Å²) in [6, 6.07) is 7.85. The van der Waals surface area contributed by atoms with E-state index in [1.807, 2.05) is 12.3 Å². The number of aromatic nitrogens is 3. The Kier molecular flexibility index (Phi) is 7.36. The molecular weight excluding hydrogens is 526 g/mol. The van der Waals surface area contributed by atoms with Gasteiger partial charge in [0.2, 0.25) is 5.95 Å². The Morgan fingerprint density at radius 2 is 1.90 bits per heavy atom. The molecule has 39 heavy (non-hydrogen) atoms. The van der Waals surface area contributed by atoms with Crippen LogP contribution in [0.1, 0.15) is 31.7 Å². The number of benzene rings is 1. The summed E-state index contributed by atoms with van der Waals surface area (Å²) in [7, 11) is -1.70. The number of alkyl halides is 2. The Labute approximate surface area is 227 Å². The van der Waals surface area contributed by atoms with Crippen LogP contribution in [0.25, 0.3) is 10.8 Å². The van der Waals surface area contributed by atoms with Crippen LogP contribution in [-0.2, 0) is 14.6 Å². The number of nitrogens with zero attached hydrogens (tertiary/aromatic N) is 5. The quantitative estimate of drug-likeness (QED) is 0.434. The number of methoxy groups -OCH3 is 1. The third-order valence-electron chi connectivity index (χ3n) is 7.37. The van der Waals surface area contributed by atoms with E-state index in [-0.39, 0.29) is 30.0 Å². The molecule has 4 heterocycles. The van der Waals surface area contributed by atoms with Gasteiger partial charge < -0.3 is 19.9 Å². The fourth-order valence-corrected chi connectivity index (χ4v) is 6.54. The minimum Gasteiger partial charge on any atom is -0.375 e. The van der Waals surface area contributed by atoms with Crippen molar-refractivity contribution < 1.29 is 21.9 Å². The van der Waals surface area contributed by atoms with Crippen molar-refractivity contribution >= 4 is 43.9 Å². The zero-order valence-corrected chi connectivity index (χ0v) is 23.4. The zero-order valence-electron chi connectivity index (χ0n) is 22.6. The van der Waals surface area contributed by atoms with Crippen LogP contribution in [0.3, 0.4) is 0 Å². The molecule has 5 rings (SSSR count). The maximum absolute atomic E-state index is 14.4. The number of fused-ring (bicyclic) bond motifs is 1. The Bertz CT molecular complexity index is 1460. The first-order valence-electron chi connectivity index (χ1n) is 13.0. The van der Waals surface area contributed by atoms with Crippen molar-refractivity contribution in [2.24, 2.45) is 5.92 Å². The van der Waals surface area contributed by atoms with E-state index in [9.17, 15) is 17.2 Å². The van der Waals surface area contributed by atoms with Crippen LogP contribution in [0.5, 0.6) is 0 Å². The van der Waals surface area contributed by atoms with E-state index in [0.717, 1.165) is 16.5 Å². The molecule has 2 aromatic heterocycles. The predicted octanol–water partition coefficient (Wildman–Crippen LogP) is 4.23. The summed E-state index contributed by atoms with van der Waals surface area (Å²) in [6.07, 6.45) is 3.71. The van der Waals surface area contributed by atoms with Crippen molar-refractivity contribution in [3.05, 3.63) is 42.2 Å². The smallest absolute Gasteiger partial charge is 0.290 e. The van der Waals surface area contributed by atoms with Gasteiger partial charge in [0.05, 0.1) is 12.3 Å². The lowest BCUT2D eigenvalue weighted by molar-refractivity contribution is -0.129. The van der Waals surface area contributed by atoms with Gasteiger partial charge in [-0.3, -0.25) is 0 Å². The van der Waals surface area contributed by atoms with Crippen molar-refractivity contribution in [3.8, 4) is 0 Å². The van der Waals surface area contributed by atoms with Gasteiger partial charge in [-0.15, -0.1) is 0 Å². The van der Waals surface area contributed by atoms with Crippen LogP contribution in [0.4, 0.5) is 32.1 Å². The summed E-state index contributed by atoms with van der Waals surface area (Å²) in [6.45, 7) is 5.50. The lowest BCUT2D eigenvalue weighted by Gasteiger charge is -2.41. The summed E-state index contributed by atoms with van der Waals surface area (Å²) in [5.41, 5.74) is 2.20. The summed E-state index contributed by atoms with van der Waals surface area (Å²) >= 11 is 0. The molecule has 0 aliphatic carbocycles. The van der Waals surface area contributed by atoms with Gasteiger partial charge in [-0.1, -0.05) is 19.9 Å². The molecule has 2 fully saturated rings. The maximum atomic E-state index is 14.4. The van der Waals surface area contributed by atoms with Gasteiger partial charge in [0.25, 0.3) is 5.92 Å². The van der Waals surface area contributed by atoms with Gasteiger partial charge in [0, 0.05) is 62.4 Å². The average molecular weight is 561 g/mol. The molecule has 1 N–H and O–H groups in total. The molecule has 2 aliphatic rings. The van der Waals surface area contributed by atoms with E-state index in [4.69, 9.17) is 4.74 Å². The minimum atomic E-state index is -3.01. The van der Waals surface area contributed by atoms with Gasteiger partial charge in [0.1, 0.15) is 27.6 Å². The second-order valence-electron chi connectivity index (χ2n) is 10.9. The van der Waals surface area contributed by atoms with Crippen LogP contribution < -0.4 is 15.1 Å². The zero-order chi connectivity index (χ0) is 27.9. The first kappa shape index (κ1) is 27.4. The topological polar surface area (TPSA) is 101 Å². The van der Waals surface area contributed by atoms with Crippen LogP contribution in [0.2, 0.25) is 0 Å². The summed E-state index contributed by atoms with van der Waals surface area (Å²) in [5, 5.41) is 5.25. The number of rotatable bonds is 8. The third kappa shape index (κ3) is 5.91. The van der Waals surface area contributed by atoms with Gasteiger partial charge in [0.15, 0.2) is 0 Å². The molecule has 210 valence electrons. The minimum absolute atomic E-state index is 0.126. The lowest BCUT2D eigenvalue weighted by Crippen LogP contribution is -2.52. The number of hydrogen-bond donors (Lipinski definition) is 1. The maximum Gasteiger partial charge on any atom is 0.290 e. The number of sulfone groups is 1. The van der Waals surface area contributed by atoms with Crippen molar-refractivity contribution in [1.82, 2.24) is 15.0 Å². The van der Waals surface area contributed by atoms with Gasteiger partial charge in [-0.25, -0.2) is 27.2 Å². The second kappa shape index (κ2) is 10.5. The number of nitrogens with one attached hydrogen (secondary N) is 1.